The van der Waals surface area contributed by atoms with Gasteiger partial charge in [-0.05, 0) is 51.8 Å². The fraction of sp³-hybridized carbons (Fsp3) is 0.600. The molecular formula is C20H31Cl2IN6O. The van der Waals surface area contributed by atoms with Gasteiger partial charge in [0.15, 0.2) is 5.96 Å². The van der Waals surface area contributed by atoms with Gasteiger partial charge in [0.1, 0.15) is 10.9 Å². The fourth-order valence-corrected chi connectivity index (χ4v) is 3.96. The highest BCUT2D eigenvalue weighted by Gasteiger charge is 2.21. The fourth-order valence-electron chi connectivity index (χ4n) is 3.54. The van der Waals surface area contributed by atoms with E-state index >= 15 is 0 Å². The molecule has 0 aliphatic carbocycles. The number of guanidine groups is 1. The van der Waals surface area contributed by atoms with Gasteiger partial charge in [-0.1, -0.05) is 23.2 Å². The van der Waals surface area contributed by atoms with E-state index in [1.54, 1.807) is 7.05 Å². The molecule has 0 radical (unpaired) electrons. The van der Waals surface area contributed by atoms with Crippen LogP contribution >= 0.6 is 47.2 Å². The van der Waals surface area contributed by atoms with E-state index in [2.05, 4.69) is 25.5 Å². The van der Waals surface area contributed by atoms with Gasteiger partial charge in [-0.2, -0.15) is 0 Å². The van der Waals surface area contributed by atoms with Gasteiger partial charge in [-0.3, -0.25) is 9.89 Å². The molecule has 1 aliphatic heterocycles. The maximum absolute atomic E-state index is 6.13. The normalized spacial score (nSPS) is 15.9. The first-order valence-corrected chi connectivity index (χ1v) is 10.7. The van der Waals surface area contributed by atoms with Gasteiger partial charge in [0, 0.05) is 26.3 Å². The minimum absolute atomic E-state index is 0. The van der Waals surface area contributed by atoms with Gasteiger partial charge in [-0.25, -0.2) is 4.98 Å². The number of halogens is 3. The molecule has 2 N–H and O–H groups in total. The van der Waals surface area contributed by atoms with Crippen LogP contribution in [0.2, 0.25) is 10.2 Å². The number of oxazole rings is 1. The zero-order valence-corrected chi connectivity index (χ0v) is 21.8. The number of likely N-dealkylation sites (tertiary alicyclic amines) is 1. The predicted octanol–water partition coefficient (Wildman–Crippen LogP) is 4.13. The Hall–Kier alpha value is -0.970. The minimum Gasteiger partial charge on any atom is -0.444 e. The van der Waals surface area contributed by atoms with Gasteiger partial charge in [0.2, 0.25) is 5.89 Å². The first-order chi connectivity index (χ1) is 13.9. The maximum atomic E-state index is 6.13. The molecule has 1 fully saturated rings. The highest BCUT2D eigenvalue weighted by molar-refractivity contribution is 14.0. The number of hydrogen-bond acceptors (Lipinski definition) is 4. The summed E-state index contributed by atoms with van der Waals surface area (Å²) in [4.78, 5) is 11.2. The van der Waals surface area contributed by atoms with Crippen LogP contribution in [0.4, 0.5) is 0 Å². The third-order valence-corrected chi connectivity index (χ3v) is 6.42. The SMILES string of the molecule is CN=C(NCc1cc(Cl)c(Cl)n1C)NCC1CCN(Cc2nc(C)c(C)o2)CC1.I. The Morgan fingerprint density at radius 1 is 1.27 bits per heavy atom. The molecular weight excluding hydrogens is 538 g/mol. The molecule has 3 rings (SSSR count). The summed E-state index contributed by atoms with van der Waals surface area (Å²) >= 11 is 12.2. The average Bonchev–Trinajstić information content (AvgIpc) is 3.15. The Morgan fingerprint density at radius 3 is 2.50 bits per heavy atom. The number of nitrogens with one attached hydrogen (secondary N) is 2. The molecule has 2 aromatic rings. The topological polar surface area (TPSA) is 70.6 Å². The van der Waals surface area contributed by atoms with Crippen molar-refractivity contribution >= 4 is 53.1 Å². The zero-order valence-electron chi connectivity index (χ0n) is 18.0. The van der Waals surface area contributed by atoms with Gasteiger partial charge in [0.05, 0.1) is 23.8 Å². The summed E-state index contributed by atoms with van der Waals surface area (Å²) in [7, 11) is 3.68. The minimum atomic E-state index is 0. The summed E-state index contributed by atoms with van der Waals surface area (Å²) in [6.07, 6.45) is 2.29. The van der Waals surface area contributed by atoms with Crippen molar-refractivity contribution in [1.29, 1.82) is 0 Å². The standard InChI is InChI=1S/C20H30Cl2N6O.HI/c1-13-14(2)29-18(26-13)12-28-7-5-15(6-8-28)10-24-20(23-3)25-11-16-9-17(21)19(22)27(16)4;/h9,15H,5-8,10-12H2,1-4H3,(H2,23,24,25);1H. The van der Waals surface area contributed by atoms with Crippen LogP contribution in [0.3, 0.4) is 0 Å². The summed E-state index contributed by atoms with van der Waals surface area (Å²) in [5.41, 5.74) is 1.99. The molecule has 0 bridgehead atoms. The molecule has 10 heteroatoms. The highest BCUT2D eigenvalue weighted by atomic mass is 127. The van der Waals surface area contributed by atoms with Crippen molar-refractivity contribution in [2.45, 2.75) is 39.8 Å². The number of aromatic nitrogens is 2. The third-order valence-electron chi connectivity index (χ3n) is 5.57. The summed E-state index contributed by atoms with van der Waals surface area (Å²) < 4.78 is 7.58. The van der Waals surface area contributed by atoms with Crippen LogP contribution in [-0.2, 0) is 20.1 Å². The first kappa shape index (κ1) is 25.3. The third kappa shape index (κ3) is 6.51. The quantitative estimate of drug-likeness (QED) is 0.311. The van der Waals surface area contributed by atoms with E-state index in [0.29, 0.717) is 22.6 Å². The number of rotatable bonds is 6. The summed E-state index contributed by atoms with van der Waals surface area (Å²) in [6, 6.07) is 1.87. The van der Waals surface area contributed by atoms with E-state index in [4.69, 9.17) is 27.6 Å². The van der Waals surface area contributed by atoms with E-state index in [9.17, 15) is 0 Å². The lowest BCUT2D eigenvalue weighted by molar-refractivity contribution is 0.164. The second-order valence-corrected chi connectivity index (χ2v) is 8.37. The number of aryl methyl sites for hydroxylation is 2. The molecule has 7 nitrogen and oxygen atoms in total. The number of hydrogen-bond donors (Lipinski definition) is 2. The van der Waals surface area contributed by atoms with Crippen molar-refractivity contribution in [2.75, 3.05) is 26.7 Å². The maximum Gasteiger partial charge on any atom is 0.208 e. The van der Waals surface area contributed by atoms with Gasteiger partial charge in [-0.15, -0.1) is 24.0 Å². The molecule has 30 heavy (non-hydrogen) atoms. The van der Waals surface area contributed by atoms with Crippen LogP contribution in [0, 0.1) is 19.8 Å². The van der Waals surface area contributed by atoms with E-state index in [-0.39, 0.29) is 24.0 Å². The second-order valence-electron chi connectivity index (χ2n) is 7.61. The lowest BCUT2D eigenvalue weighted by Crippen LogP contribution is -2.42. The largest absolute Gasteiger partial charge is 0.444 e. The molecule has 0 spiro atoms. The second kappa shape index (κ2) is 11.6. The molecule has 1 saturated heterocycles. The van der Waals surface area contributed by atoms with E-state index in [1.807, 2.05) is 31.5 Å². The Balaban J connectivity index is 0.00000320. The molecule has 168 valence electrons. The number of nitrogens with zero attached hydrogens (tertiary/aromatic N) is 4. The van der Waals surface area contributed by atoms with Crippen molar-refractivity contribution in [3.63, 3.8) is 0 Å². The molecule has 0 atom stereocenters. The summed E-state index contributed by atoms with van der Waals surface area (Å²) in [5.74, 6) is 3.14. The van der Waals surface area contributed by atoms with Crippen LogP contribution in [-0.4, -0.2) is 47.1 Å². The molecule has 0 aromatic carbocycles. The van der Waals surface area contributed by atoms with Crippen LogP contribution in [0.25, 0.3) is 0 Å². The van der Waals surface area contributed by atoms with Crippen molar-refractivity contribution < 1.29 is 4.42 Å². The monoisotopic (exact) mass is 568 g/mol. The van der Waals surface area contributed by atoms with Crippen molar-refractivity contribution in [2.24, 2.45) is 18.0 Å². The molecule has 0 amide bonds. The highest BCUT2D eigenvalue weighted by Crippen LogP contribution is 2.25. The summed E-state index contributed by atoms with van der Waals surface area (Å²) in [6.45, 7) is 8.36. The lowest BCUT2D eigenvalue weighted by atomic mass is 9.97. The van der Waals surface area contributed by atoms with Crippen LogP contribution in [0.15, 0.2) is 15.5 Å². The number of aliphatic imine (C=N–C) groups is 1. The van der Waals surface area contributed by atoms with E-state index in [0.717, 1.165) is 68.0 Å². The van der Waals surface area contributed by atoms with Crippen LogP contribution in [0.1, 0.15) is 35.9 Å². The van der Waals surface area contributed by atoms with E-state index < -0.39 is 0 Å². The van der Waals surface area contributed by atoms with Crippen LogP contribution in [0.5, 0.6) is 0 Å². The van der Waals surface area contributed by atoms with Crippen molar-refractivity contribution in [1.82, 2.24) is 25.1 Å². The molecule has 0 unspecified atom stereocenters. The predicted molar refractivity (Wildman–Crippen MR) is 133 cm³/mol. The van der Waals surface area contributed by atoms with Crippen LogP contribution < -0.4 is 10.6 Å². The zero-order chi connectivity index (χ0) is 21.0. The van der Waals surface area contributed by atoms with Gasteiger partial charge < -0.3 is 19.6 Å². The Labute approximate surface area is 205 Å². The first-order valence-electron chi connectivity index (χ1n) is 9.96. The molecule has 0 saturated carbocycles. The summed E-state index contributed by atoms with van der Waals surface area (Å²) in [5, 5.41) is 7.88. The molecule has 1 aliphatic rings. The number of piperidine rings is 1. The van der Waals surface area contributed by atoms with E-state index in [1.165, 1.54) is 0 Å². The van der Waals surface area contributed by atoms with Gasteiger partial charge >= 0.3 is 0 Å². The Kier molecular flexibility index (Phi) is 9.77. The smallest absolute Gasteiger partial charge is 0.208 e. The van der Waals surface area contributed by atoms with Gasteiger partial charge in [0.25, 0.3) is 0 Å². The van der Waals surface area contributed by atoms with Crippen molar-refractivity contribution in [3.8, 4) is 0 Å². The molecule has 3 heterocycles. The van der Waals surface area contributed by atoms with Crippen molar-refractivity contribution in [3.05, 3.63) is 39.3 Å². The average molecular weight is 569 g/mol. The molecule has 2 aromatic heterocycles. The Morgan fingerprint density at radius 2 is 1.97 bits per heavy atom. The Bertz CT molecular complexity index is 838. The lowest BCUT2D eigenvalue weighted by Gasteiger charge is -2.31.